The van der Waals surface area contributed by atoms with Gasteiger partial charge in [-0.3, -0.25) is 14.5 Å². The lowest BCUT2D eigenvalue weighted by Gasteiger charge is -2.20. The largest absolute Gasteiger partial charge is 0.491 e. The maximum Gasteiger partial charge on any atom is 0.415 e. The molecule has 13 nitrogen and oxygen atoms in total. The van der Waals surface area contributed by atoms with Gasteiger partial charge in [-0.15, -0.1) is 0 Å². The summed E-state index contributed by atoms with van der Waals surface area (Å²) >= 11 is 0. The van der Waals surface area contributed by atoms with Crippen molar-refractivity contribution in [2.75, 3.05) is 49.6 Å². The average Bonchev–Trinajstić information content (AvgIpc) is 3.49. The smallest absolute Gasteiger partial charge is 0.415 e. The zero-order valence-electron chi connectivity index (χ0n) is 21.1. The number of nitriles is 1. The molecule has 1 aliphatic carbocycles. The number of carbonyl (C=O) groups is 3. The number of hydrogen-bond acceptors (Lipinski definition) is 11. The minimum Gasteiger partial charge on any atom is -0.491 e. The van der Waals surface area contributed by atoms with Gasteiger partial charge < -0.3 is 35.3 Å². The zero-order chi connectivity index (χ0) is 27.4. The summed E-state index contributed by atoms with van der Waals surface area (Å²) in [5.74, 6) is 1.15. The van der Waals surface area contributed by atoms with Crippen molar-refractivity contribution in [2.45, 2.75) is 25.0 Å². The first kappa shape index (κ1) is 26.2. The van der Waals surface area contributed by atoms with Crippen molar-refractivity contribution < 1.29 is 33.3 Å². The molecule has 1 aromatic carbocycles. The summed E-state index contributed by atoms with van der Waals surface area (Å²) in [7, 11) is 0. The molecule has 204 valence electrons. The molecule has 5 rings (SSSR count). The summed E-state index contributed by atoms with van der Waals surface area (Å²) in [6, 6.07) is 9.06. The molecule has 4 N–H and O–H groups in total. The highest BCUT2D eigenvalue weighted by molar-refractivity contribution is 5.95. The van der Waals surface area contributed by atoms with Gasteiger partial charge >= 0.3 is 6.09 Å². The number of cyclic esters (lactones) is 1. The highest BCUT2D eigenvalue weighted by Crippen LogP contribution is 2.42. The van der Waals surface area contributed by atoms with Gasteiger partial charge in [0.1, 0.15) is 36.5 Å². The summed E-state index contributed by atoms with van der Waals surface area (Å²) < 4.78 is 21.9. The second kappa shape index (κ2) is 11.5. The normalized spacial score (nSPS) is 21.2. The Morgan fingerprint density at radius 3 is 2.97 bits per heavy atom. The summed E-state index contributed by atoms with van der Waals surface area (Å²) in [4.78, 5) is 41.0. The Kier molecular flexibility index (Phi) is 7.76. The van der Waals surface area contributed by atoms with Crippen molar-refractivity contribution in [3.8, 4) is 17.6 Å². The fourth-order valence-electron chi connectivity index (χ4n) is 5.10. The zero-order valence-corrected chi connectivity index (χ0v) is 21.1. The first-order chi connectivity index (χ1) is 19.0. The SMILES string of the molecule is N#Cc1c(OCCN)ccc2c1CC(CNCCC1CN(c3ccc4c(n3)NC(=O)CO4)C(=O)O1)C2OC=O. The topological polar surface area (TPSA) is 178 Å². The van der Waals surface area contributed by atoms with Crippen molar-refractivity contribution in [3.63, 3.8) is 0 Å². The predicted molar refractivity (Wildman–Crippen MR) is 136 cm³/mol. The van der Waals surface area contributed by atoms with Gasteiger partial charge in [-0.25, -0.2) is 9.78 Å². The van der Waals surface area contributed by atoms with Gasteiger partial charge in [-0.05, 0) is 48.7 Å². The number of pyridine rings is 1. The molecule has 1 saturated heterocycles. The number of fused-ring (bicyclic) bond motifs is 2. The van der Waals surface area contributed by atoms with E-state index in [0.29, 0.717) is 75.0 Å². The molecule has 1 fully saturated rings. The van der Waals surface area contributed by atoms with E-state index in [9.17, 15) is 19.6 Å². The number of anilines is 2. The average molecular weight is 537 g/mol. The van der Waals surface area contributed by atoms with Crippen LogP contribution in [-0.4, -0.2) is 69.0 Å². The Morgan fingerprint density at radius 1 is 1.31 bits per heavy atom. The maximum absolute atomic E-state index is 12.5. The molecule has 0 spiro atoms. The van der Waals surface area contributed by atoms with Gasteiger partial charge in [0.05, 0.1) is 12.1 Å². The number of nitrogens with two attached hydrogens (primary N) is 1. The van der Waals surface area contributed by atoms with Crippen LogP contribution >= 0.6 is 0 Å². The van der Waals surface area contributed by atoms with Crippen LogP contribution in [-0.2, 0) is 25.5 Å². The van der Waals surface area contributed by atoms with Crippen LogP contribution in [0.2, 0.25) is 0 Å². The van der Waals surface area contributed by atoms with Crippen LogP contribution in [0.1, 0.15) is 29.2 Å². The van der Waals surface area contributed by atoms with Crippen LogP contribution in [0.3, 0.4) is 0 Å². The predicted octanol–water partition coefficient (Wildman–Crippen LogP) is 1.01. The molecule has 2 amide bonds. The van der Waals surface area contributed by atoms with E-state index in [1.807, 2.05) is 6.07 Å². The second-order valence-electron chi connectivity index (χ2n) is 9.33. The quantitative estimate of drug-likeness (QED) is 0.276. The van der Waals surface area contributed by atoms with Gasteiger partial charge in [0.2, 0.25) is 0 Å². The number of ether oxygens (including phenoxy) is 4. The first-order valence-electron chi connectivity index (χ1n) is 12.6. The van der Waals surface area contributed by atoms with Crippen LogP contribution in [0.15, 0.2) is 24.3 Å². The Bertz CT molecular complexity index is 1310. The highest BCUT2D eigenvalue weighted by atomic mass is 16.6. The third-order valence-electron chi connectivity index (χ3n) is 6.86. The summed E-state index contributed by atoms with van der Waals surface area (Å²) in [6.45, 7) is 2.35. The van der Waals surface area contributed by atoms with E-state index < -0.39 is 12.2 Å². The molecule has 3 atom stereocenters. The van der Waals surface area contributed by atoms with E-state index in [1.165, 1.54) is 4.90 Å². The summed E-state index contributed by atoms with van der Waals surface area (Å²) in [5, 5.41) is 15.7. The lowest BCUT2D eigenvalue weighted by molar-refractivity contribution is -0.136. The number of amides is 2. The van der Waals surface area contributed by atoms with Crippen molar-refractivity contribution in [1.82, 2.24) is 10.3 Å². The molecule has 1 aromatic heterocycles. The van der Waals surface area contributed by atoms with Crippen molar-refractivity contribution >= 4 is 30.1 Å². The van der Waals surface area contributed by atoms with Crippen LogP contribution in [0.4, 0.5) is 16.4 Å². The molecular weight excluding hydrogens is 508 g/mol. The maximum atomic E-state index is 12.5. The molecule has 0 radical (unpaired) electrons. The van der Waals surface area contributed by atoms with Crippen LogP contribution in [0, 0.1) is 17.2 Å². The van der Waals surface area contributed by atoms with Crippen molar-refractivity contribution in [3.05, 3.63) is 41.0 Å². The van der Waals surface area contributed by atoms with Crippen LogP contribution < -0.4 is 30.7 Å². The third kappa shape index (κ3) is 5.43. The van der Waals surface area contributed by atoms with E-state index >= 15 is 0 Å². The van der Waals surface area contributed by atoms with Crippen molar-refractivity contribution in [1.29, 1.82) is 5.26 Å². The van der Waals surface area contributed by atoms with Crippen LogP contribution in [0.5, 0.6) is 11.5 Å². The fourth-order valence-corrected chi connectivity index (χ4v) is 5.10. The van der Waals surface area contributed by atoms with E-state index in [0.717, 1.165) is 11.1 Å². The Balaban J connectivity index is 1.16. The van der Waals surface area contributed by atoms with Gasteiger partial charge in [0, 0.05) is 19.0 Å². The molecular formula is C26H28N6O7. The molecule has 0 saturated carbocycles. The molecule has 0 bridgehead atoms. The van der Waals surface area contributed by atoms with Crippen molar-refractivity contribution in [2.24, 2.45) is 11.7 Å². The van der Waals surface area contributed by atoms with E-state index in [1.54, 1.807) is 18.2 Å². The van der Waals surface area contributed by atoms with Gasteiger partial charge in [0.25, 0.3) is 12.4 Å². The van der Waals surface area contributed by atoms with E-state index in [-0.39, 0.29) is 30.4 Å². The highest BCUT2D eigenvalue weighted by Gasteiger charge is 2.37. The molecule has 13 heteroatoms. The monoisotopic (exact) mass is 536 g/mol. The van der Waals surface area contributed by atoms with E-state index in [2.05, 4.69) is 21.7 Å². The molecule has 2 aliphatic heterocycles. The van der Waals surface area contributed by atoms with Gasteiger partial charge in [-0.1, -0.05) is 6.07 Å². The van der Waals surface area contributed by atoms with Gasteiger partial charge in [0.15, 0.2) is 18.2 Å². The number of benzene rings is 1. The minimum absolute atomic E-state index is 0.0758. The number of hydrogen-bond donors (Lipinski definition) is 3. The Morgan fingerprint density at radius 2 is 2.18 bits per heavy atom. The molecule has 3 unspecified atom stereocenters. The standard InChI is InChI=1S/C26H28N6O7/c27-6-8-36-20-2-1-17-18(19(20)10-28)9-15(24(17)38-14-33)11-29-7-5-16-12-32(26(35)39-16)22-4-3-21-25(30-22)31-23(34)13-37-21/h1-4,14-16,24,29H,5-9,11-13,27H2,(H,30,31,34). The molecule has 3 heterocycles. The molecule has 39 heavy (non-hydrogen) atoms. The number of carbonyl (C=O) groups excluding carboxylic acids is 3. The summed E-state index contributed by atoms with van der Waals surface area (Å²) in [6.07, 6.45) is -0.270. The Hall–Kier alpha value is -4.41. The van der Waals surface area contributed by atoms with Gasteiger partial charge in [-0.2, -0.15) is 5.26 Å². The fraction of sp³-hybridized carbons (Fsp3) is 0.423. The minimum atomic E-state index is -0.516. The second-order valence-corrected chi connectivity index (χ2v) is 9.33. The Labute approximate surface area is 224 Å². The molecule has 3 aliphatic rings. The third-order valence-corrected chi connectivity index (χ3v) is 6.86. The van der Waals surface area contributed by atoms with Crippen LogP contribution in [0.25, 0.3) is 0 Å². The lowest BCUT2D eigenvalue weighted by atomic mass is 10.0. The molecule has 2 aromatic rings. The van der Waals surface area contributed by atoms with E-state index in [4.69, 9.17) is 24.7 Å². The number of rotatable bonds is 11. The first-order valence-corrected chi connectivity index (χ1v) is 12.6. The number of nitrogens with zero attached hydrogens (tertiary/aromatic N) is 3. The summed E-state index contributed by atoms with van der Waals surface area (Å²) in [5.41, 5.74) is 7.56. The lowest BCUT2D eigenvalue weighted by Crippen LogP contribution is -2.31. The number of nitrogens with one attached hydrogen (secondary N) is 2. The number of aromatic nitrogens is 1.